The van der Waals surface area contributed by atoms with Gasteiger partial charge in [-0.25, -0.2) is 0 Å². The number of nitrogens with one attached hydrogen (secondary N) is 1. The van der Waals surface area contributed by atoms with Crippen molar-refractivity contribution in [3.05, 3.63) is 59.7 Å². The summed E-state index contributed by atoms with van der Waals surface area (Å²) >= 11 is 0. The molecular weight excluding hydrogens is 350 g/mol. The molecule has 1 aliphatic heterocycles. The number of hydrogen-bond donors (Lipinski definition) is 2. The quantitative estimate of drug-likeness (QED) is 0.856. The molecule has 2 atom stereocenters. The molecular formula is C23H27N3O2. The van der Waals surface area contributed by atoms with E-state index < -0.39 is 5.54 Å². The van der Waals surface area contributed by atoms with Crippen molar-refractivity contribution in [1.29, 1.82) is 0 Å². The van der Waals surface area contributed by atoms with Gasteiger partial charge in [-0.3, -0.25) is 9.59 Å². The van der Waals surface area contributed by atoms with Crippen LogP contribution in [0.4, 0.5) is 11.4 Å². The van der Waals surface area contributed by atoms with E-state index in [0.29, 0.717) is 17.8 Å². The molecule has 0 radical (unpaired) electrons. The number of benzene rings is 2. The normalized spacial score (nSPS) is 23.9. The SMILES string of the molecule is CC1(N)CCCCC1C(=O)Nc1ccc(C(=O)N2CCc3ccccc32)cc1. The Kier molecular flexibility index (Phi) is 4.94. The highest BCUT2D eigenvalue weighted by atomic mass is 16.2. The first-order valence-electron chi connectivity index (χ1n) is 10.1. The van der Waals surface area contributed by atoms with Gasteiger partial charge >= 0.3 is 0 Å². The highest BCUT2D eigenvalue weighted by Crippen LogP contribution is 2.33. The van der Waals surface area contributed by atoms with E-state index in [2.05, 4.69) is 11.4 Å². The number of carbonyl (C=O) groups is 2. The number of carbonyl (C=O) groups excluding carboxylic acids is 2. The van der Waals surface area contributed by atoms with Crippen molar-refractivity contribution in [3.8, 4) is 0 Å². The van der Waals surface area contributed by atoms with E-state index in [4.69, 9.17) is 5.73 Å². The van der Waals surface area contributed by atoms with Gasteiger partial charge < -0.3 is 16.0 Å². The Bertz CT molecular complexity index is 889. The summed E-state index contributed by atoms with van der Waals surface area (Å²) < 4.78 is 0. The number of nitrogens with two attached hydrogens (primary N) is 1. The Balaban J connectivity index is 1.44. The Morgan fingerprint density at radius 3 is 2.61 bits per heavy atom. The van der Waals surface area contributed by atoms with Crippen LogP contribution in [0.15, 0.2) is 48.5 Å². The lowest BCUT2D eigenvalue weighted by molar-refractivity contribution is -0.122. The second kappa shape index (κ2) is 7.40. The van der Waals surface area contributed by atoms with Crippen LogP contribution in [-0.2, 0) is 11.2 Å². The average molecular weight is 377 g/mol. The molecule has 2 aromatic rings. The van der Waals surface area contributed by atoms with Gasteiger partial charge in [-0.05, 0) is 62.1 Å². The molecule has 3 N–H and O–H groups in total. The summed E-state index contributed by atoms with van der Waals surface area (Å²) in [4.78, 5) is 27.4. The second-order valence-corrected chi connectivity index (χ2v) is 8.21. The molecule has 146 valence electrons. The van der Waals surface area contributed by atoms with Gasteiger partial charge in [0.05, 0.1) is 5.92 Å². The summed E-state index contributed by atoms with van der Waals surface area (Å²) in [5.41, 5.74) is 9.40. The molecule has 28 heavy (non-hydrogen) atoms. The lowest BCUT2D eigenvalue weighted by atomic mass is 9.74. The summed E-state index contributed by atoms with van der Waals surface area (Å²) in [5.74, 6) is -0.217. The number of fused-ring (bicyclic) bond motifs is 1. The van der Waals surface area contributed by atoms with E-state index in [1.54, 1.807) is 24.3 Å². The lowest BCUT2D eigenvalue weighted by Gasteiger charge is -2.37. The molecule has 0 saturated heterocycles. The van der Waals surface area contributed by atoms with Gasteiger partial charge in [0.1, 0.15) is 0 Å². The second-order valence-electron chi connectivity index (χ2n) is 8.21. The first kappa shape index (κ1) is 18.7. The fraction of sp³-hybridized carbons (Fsp3) is 0.391. The van der Waals surface area contributed by atoms with Crippen molar-refractivity contribution in [2.24, 2.45) is 11.7 Å². The molecule has 5 nitrogen and oxygen atoms in total. The average Bonchev–Trinajstić information content (AvgIpc) is 3.11. The molecule has 1 aliphatic carbocycles. The third kappa shape index (κ3) is 3.54. The third-order valence-electron chi connectivity index (χ3n) is 6.10. The van der Waals surface area contributed by atoms with Crippen molar-refractivity contribution in [2.75, 3.05) is 16.8 Å². The molecule has 0 spiro atoms. The number of nitrogens with zero attached hydrogens (tertiary/aromatic N) is 1. The molecule has 1 fully saturated rings. The van der Waals surface area contributed by atoms with E-state index in [1.165, 1.54) is 5.56 Å². The minimum absolute atomic E-state index is 0.00959. The predicted octanol–water partition coefficient (Wildman–Crippen LogP) is 3.74. The Hall–Kier alpha value is -2.66. The highest BCUT2D eigenvalue weighted by Gasteiger charge is 2.37. The van der Waals surface area contributed by atoms with Crippen molar-refractivity contribution in [2.45, 2.75) is 44.6 Å². The van der Waals surface area contributed by atoms with E-state index in [1.807, 2.05) is 30.0 Å². The Morgan fingerprint density at radius 1 is 1.11 bits per heavy atom. The zero-order chi connectivity index (χ0) is 19.7. The fourth-order valence-electron chi connectivity index (χ4n) is 4.42. The number of anilines is 2. The van der Waals surface area contributed by atoms with Gasteiger partial charge in [0, 0.05) is 29.0 Å². The third-order valence-corrected chi connectivity index (χ3v) is 6.10. The molecule has 5 heteroatoms. The van der Waals surface area contributed by atoms with Gasteiger partial charge in [0.2, 0.25) is 5.91 Å². The molecule has 4 rings (SSSR count). The van der Waals surface area contributed by atoms with Gasteiger partial charge in [-0.1, -0.05) is 31.0 Å². The van der Waals surface area contributed by atoms with Crippen LogP contribution in [0.1, 0.15) is 48.5 Å². The minimum atomic E-state index is -0.457. The van der Waals surface area contributed by atoms with Crippen LogP contribution in [0.5, 0.6) is 0 Å². The summed E-state index contributed by atoms with van der Waals surface area (Å²) in [7, 11) is 0. The largest absolute Gasteiger partial charge is 0.326 e. The maximum atomic E-state index is 12.9. The van der Waals surface area contributed by atoms with Crippen molar-refractivity contribution >= 4 is 23.2 Å². The molecule has 1 heterocycles. The summed E-state index contributed by atoms with van der Waals surface area (Å²) in [6.07, 6.45) is 4.69. The molecule has 0 bridgehead atoms. The maximum Gasteiger partial charge on any atom is 0.258 e. The van der Waals surface area contributed by atoms with Crippen LogP contribution in [0.25, 0.3) is 0 Å². The monoisotopic (exact) mass is 377 g/mol. The number of amides is 2. The smallest absolute Gasteiger partial charge is 0.258 e. The Labute approximate surface area is 165 Å². The fourth-order valence-corrected chi connectivity index (χ4v) is 4.42. The highest BCUT2D eigenvalue weighted by molar-refractivity contribution is 6.07. The van der Waals surface area contributed by atoms with Gasteiger partial charge in [0.25, 0.3) is 5.91 Å². The lowest BCUT2D eigenvalue weighted by Crippen LogP contribution is -2.51. The number of rotatable bonds is 3. The molecule has 0 aromatic heterocycles. The zero-order valence-corrected chi connectivity index (χ0v) is 16.3. The van der Waals surface area contributed by atoms with E-state index in [0.717, 1.165) is 37.8 Å². The van der Waals surface area contributed by atoms with Gasteiger partial charge in [0.15, 0.2) is 0 Å². The molecule has 2 unspecified atom stereocenters. The van der Waals surface area contributed by atoms with Crippen LogP contribution in [0.2, 0.25) is 0 Å². The molecule has 1 saturated carbocycles. The van der Waals surface area contributed by atoms with Crippen LogP contribution in [-0.4, -0.2) is 23.9 Å². The molecule has 2 aromatic carbocycles. The van der Waals surface area contributed by atoms with Crippen molar-refractivity contribution in [3.63, 3.8) is 0 Å². The number of para-hydroxylation sites is 1. The first-order valence-corrected chi connectivity index (χ1v) is 10.1. The van der Waals surface area contributed by atoms with Crippen molar-refractivity contribution < 1.29 is 9.59 Å². The van der Waals surface area contributed by atoms with E-state index in [9.17, 15) is 9.59 Å². The van der Waals surface area contributed by atoms with Crippen molar-refractivity contribution in [1.82, 2.24) is 0 Å². The zero-order valence-electron chi connectivity index (χ0n) is 16.3. The van der Waals surface area contributed by atoms with E-state index in [-0.39, 0.29) is 17.7 Å². The standard InChI is InChI=1S/C23H27N3O2/c1-23(24)14-5-4-7-19(23)21(27)25-18-11-9-17(10-12-18)22(28)26-15-13-16-6-2-3-8-20(16)26/h2-3,6,8-12,19H,4-5,7,13-15,24H2,1H3,(H,25,27). The summed E-state index contributed by atoms with van der Waals surface area (Å²) in [6.45, 7) is 2.67. The topological polar surface area (TPSA) is 75.4 Å². The summed E-state index contributed by atoms with van der Waals surface area (Å²) in [6, 6.07) is 15.2. The first-order chi connectivity index (χ1) is 13.5. The number of hydrogen-bond acceptors (Lipinski definition) is 3. The van der Waals surface area contributed by atoms with Gasteiger partial charge in [-0.2, -0.15) is 0 Å². The van der Waals surface area contributed by atoms with Crippen LogP contribution < -0.4 is 16.0 Å². The molecule has 2 amide bonds. The Morgan fingerprint density at radius 2 is 1.86 bits per heavy atom. The predicted molar refractivity (Wildman–Crippen MR) is 111 cm³/mol. The van der Waals surface area contributed by atoms with Crippen LogP contribution >= 0.6 is 0 Å². The van der Waals surface area contributed by atoms with Crippen LogP contribution in [0.3, 0.4) is 0 Å². The maximum absolute atomic E-state index is 12.9. The minimum Gasteiger partial charge on any atom is -0.326 e. The molecule has 2 aliphatic rings. The van der Waals surface area contributed by atoms with Gasteiger partial charge in [-0.15, -0.1) is 0 Å². The van der Waals surface area contributed by atoms with Crippen LogP contribution in [0, 0.1) is 5.92 Å². The summed E-state index contributed by atoms with van der Waals surface area (Å²) in [5, 5.41) is 2.97. The van der Waals surface area contributed by atoms with E-state index >= 15 is 0 Å².